The van der Waals surface area contributed by atoms with E-state index < -0.39 is 16.7 Å². The largest absolute Gasteiger partial charge is 0.347 e. The predicted molar refractivity (Wildman–Crippen MR) is 157 cm³/mol. The lowest BCUT2D eigenvalue weighted by Gasteiger charge is -2.53. The Labute approximate surface area is 239 Å². The van der Waals surface area contributed by atoms with Crippen LogP contribution in [0, 0.1) is 5.41 Å². The van der Waals surface area contributed by atoms with E-state index in [-0.39, 0.29) is 17.5 Å². The van der Waals surface area contributed by atoms with Gasteiger partial charge >= 0.3 is 0 Å². The first-order chi connectivity index (χ1) is 20.0. The molecule has 3 atom stereocenters. The molecule has 2 heterocycles. The van der Waals surface area contributed by atoms with E-state index in [1.165, 1.54) is 0 Å². The van der Waals surface area contributed by atoms with E-state index in [0.717, 1.165) is 27.5 Å². The van der Waals surface area contributed by atoms with Crippen LogP contribution < -0.4 is 0 Å². The first-order valence-corrected chi connectivity index (χ1v) is 14.4. The number of hydrogen-bond donors (Lipinski definition) is 0. The third-order valence-corrected chi connectivity index (χ3v) is 10.00. The average molecular weight is 542 g/mol. The van der Waals surface area contributed by atoms with E-state index in [1.807, 2.05) is 79.9 Å². The summed E-state index contributed by atoms with van der Waals surface area (Å²) in [7, 11) is 2.01. The Morgan fingerprint density at radius 2 is 1.49 bits per heavy atom. The van der Waals surface area contributed by atoms with Crippen molar-refractivity contribution >= 4 is 28.4 Å². The molecule has 2 aliphatic heterocycles. The number of likely N-dealkylation sites (tertiary alicyclic amines) is 1. The number of Topliss-reactive ketones (excluding diaryl/α,β-unsaturated/α-hetero) is 2. The lowest BCUT2D eigenvalue weighted by molar-refractivity contribution is -0.200. The summed E-state index contributed by atoms with van der Waals surface area (Å²) < 4.78 is 12.9. The Morgan fingerprint density at radius 3 is 2.22 bits per heavy atom. The van der Waals surface area contributed by atoms with E-state index >= 15 is 9.59 Å². The molecule has 5 heteroatoms. The minimum absolute atomic E-state index is 0.00677. The van der Waals surface area contributed by atoms with Crippen molar-refractivity contribution in [1.82, 2.24) is 4.90 Å². The molecule has 204 valence electrons. The van der Waals surface area contributed by atoms with Crippen molar-refractivity contribution in [2.24, 2.45) is 5.41 Å². The van der Waals surface area contributed by atoms with Crippen molar-refractivity contribution in [2.75, 3.05) is 26.8 Å². The van der Waals surface area contributed by atoms with Crippen molar-refractivity contribution in [3.8, 4) is 0 Å². The molecule has 3 spiro atoms. The summed E-state index contributed by atoms with van der Waals surface area (Å²) in [5.41, 5.74) is 1.89. The fourth-order valence-electron chi connectivity index (χ4n) is 8.57. The van der Waals surface area contributed by atoms with E-state index in [2.05, 4.69) is 35.2 Å². The zero-order valence-corrected chi connectivity index (χ0v) is 23.0. The van der Waals surface area contributed by atoms with Gasteiger partial charge < -0.3 is 9.47 Å². The summed E-state index contributed by atoms with van der Waals surface area (Å²) >= 11 is 0. The van der Waals surface area contributed by atoms with Crippen LogP contribution in [0.3, 0.4) is 0 Å². The van der Waals surface area contributed by atoms with Crippen LogP contribution in [-0.4, -0.2) is 49.1 Å². The topological polar surface area (TPSA) is 55.8 Å². The van der Waals surface area contributed by atoms with Gasteiger partial charge in [-0.2, -0.15) is 0 Å². The second-order valence-electron chi connectivity index (χ2n) is 11.9. The number of ketones is 2. The summed E-state index contributed by atoms with van der Waals surface area (Å²) in [6.45, 7) is 1.48. The lowest BCUT2D eigenvalue weighted by atomic mass is 9.51. The summed E-state index contributed by atoms with van der Waals surface area (Å²) in [5.74, 6) is -1.23. The molecule has 4 aliphatic rings. The number of carbonyl (C=O) groups is 2. The molecule has 8 rings (SSSR count). The SMILES string of the molecule is CN1C[C@@H](c2ccccc2)[C@@]2(CC3(C/C(=C\c4ccccc4)C2=O)OCCO3)[C@@]12C(=O)c1cccc3cccc2c13. The van der Waals surface area contributed by atoms with Gasteiger partial charge in [-0.3, -0.25) is 14.5 Å². The molecule has 1 saturated carbocycles. The molecule has 0 aromatic heterocycles. The molecule has 0 amide bonds. The maximum absolute atomic E-state index is 15.4. The molecule has 2 aliphatic carbocycles. The zero-order valence-electron chi connectivity index (χ0n) is 23.0. The fourth-order valence-corrected chi connectivity index (χ4v) is 8.57. The first kappa shape index (κ1) is 24.9. The van der Waals surface area contributed by atoms with Gasteiger partial charge in [0.15, 0.2) is 17.4 Å². The van der Waals surface area contributed by atoms with Crippen molar-refractivity contribution < 1.29 is 19.1 Å². The van der Waals surface area contributed by atoms with Gasteiger partial charge in [-0.15, -0.1) is 0 Å². The van der Waals surface area contributed by atoms with Crippen molar-refractivity contribution in [1.29, 1.82) is 0 Å². The van der Waals surface area contributed by atoms with Gasteiger partial charge in [-0.05, 0) is 40.6 Å². The Morgan fingerprint density at radius 1 is 0.805 bits per heavy atom. The number of hydrogen-bond acceptors (Lipinski definition) is 5. The monoisotopic (exact) mass is 541 g/mol. The van der Waals surface area contributed by atoms with Crippen LogP contribution in [0.15, 0.2) is 103 Å². The maximum atomic E-state index is 15.4. The van der Waals surface area contributed by atoms with Crippen LogP contribution in [-0.2, 0) is 19.8 Å². The van der Waals surface area contributed by atoms with Crippen LogP contribution in [0.4, 0.5) is 0 Å². The lowest BCUT2D eigenvalue weighted by Crippen LogP contribution is -2.63. The number of carbonyl (C=O) groups excluding carboxylic acids is 2. The van der Waals surface area contributed by atoms with Gasteiger partial charge in [0.1, 0.15) is 5.54 Å². The Kier molecular flexibility index (Phi) is 5.33. The molecule has 41 heavy (non-hydrogen) atoms. The second-order valence-corrected chi connectivity index (χ2v) is 11.9. The quantitative estimate of drug-likeness (QED) is 0.286. The number of ether oxygens (including phenoxy) is 2. The van der Waals surface area contributed by atoms with Crippen LogP contribution in [0.1, 0.15) is 45.8 Å². The van der Waals surface area contributed by atoms with E-state index in [0.29, 0.717) is 43.7 Å². The summed E-state index contributed by atoms with van der Waals surface area (Å²) in [5, 5.41) is 1.97. The Balaban J connectivity index is 1.46. The molecule has 0 radical (unpaired) electrons. The first-order valence-electron chi connectivity index (χ1n) is 14.4. The summed E-state index contributed by atoms with van der Waals surface area (Å²) in [6, 6.07) is 32.2. The summed E-state index contributed by atoms with van der Waals surface area (Å²) in [6.07, 6.45) is 2.65. The highest BCUT2D eigenvalue weighted by molar-refractivity contribution is 6.24. The molecule has 4 aromatic rings. The minimum Gasteiger partial charge on any atom is -0.347 e. The summed E-state index contributed by atoms with van der Waals surface area (Å²) in [4.78, 5) is 32.7. The molecule has 4 aromatic carbocycles. The van der Waals surface area contributed by atoms with Gasteiger partial charge in [0, 0.05) is 36.4 Å². The molecular formula is C36H31NO4. The number of benzene rings is 4. The number of fused-ring (bicyclic) bond motifs is 2. The molecule has 5 nitrogen and oxygen atoms in total. The molecule has 0 N–H and O–H groups in total. The average Bonchev–Trinajstić information content (AvgIpc) is 3.64. The third kappa shape index (κ3) is 3.17. The van der Waals surface area contributed by atoms with Crippen LogP contribution in [0.25, 0.3) is 16.8 Å². The smallest absolute Gasteiger partial charge is 0.189 e. The van der Waals surface area contributed by atoms with Gasteiger partial charge in [-0.25, -0.2) is 0 Å². The molecule has 2 saturated heterocycles. The van der Waals surface area contributed by atoms with Crippen LogP contribution >= 0.6 is 0 Å². The second kappa shape index (κ2) is 8.80. The predicted octanol–water partition coefficient (Wildman–Crippen LogP) is 6.14. The van der Waals surface area contributed by atoms with Gasteiger partial charge in [-0.1, -0.05) is 97.1 Å². The third-order valence-electron chi connectivity index (χ3n) is 10.00. The molecule has 0 bridgehead atoms. The van der Waals surface area contributed by atoms with Gasteiger partial charge in [0.25, 0.3) is 0 Å². The molecule has 0 unspecified atom stereocenters. The van der Waals surface area contributed by atoms with Gasteiger partial charge in [0.05, 0.1) is 18.6 Å². The van der Waals surface area contributed by atoms with Crippen molar-refractivity contribution in [3.63, 3.8) is 0 Å². The van der Waals surface area contributed by atoms with Crippen LogP contribution in [0.5, 0.6) is 0 Å². The fraction of sp³-hybridized carbons (Fsp3) is 0.278. The Hall–Kier alpha value is -3.90. The highest BCUT2D eigenvalue weighted by atomic mass is 16.7. The van der Waals surface area contributed by atoms with E-state index in [4.69, 9.17) is 9.47 Å². The number of rotatable bonds is 2. The molecular weight excluding hydrogens is 510 g/mol. The van der Waals surface area contributed by atoms with Crippen molar-refractivity contribution in [3.05, 3.63) is 125 Å². The number of likely N-dealkylation sites (N-methyl/N-ethyl adjacent to an activating group) is 1. The number of nitrogens with zero attached hydrogens (tertiary/aromatic N) is 1. The standard InChI is InChI=1S/C36H31NO4/c1-37-22-30(25-12-6-3-7-13-25)35(36(37)29-17-9-15-26-14-8-16-28(31(26)29)33(36)39)23-34(40-18-19-41-34)21-27(32(35)38)20-24-10-4-2-5-11-24/h2-17,20,30H,18-19,21-23H2,1H3/b27-20+/t30-,35+,36+/m0/s1. The Bertz CT molecular complexity index is 1730. The normalized spacial score (nSPS) is 29.6. The van der Waals surface area contributed by atoms with Crippen LogP contribution in [0.2, 0.25) is 0 Å². The van der Waals surface area contributed by atoms with Gasteiger partial charge in [0.2, 0.25) is 0 Å². The zero-order chi connectivity index (χ0) is 27.8. The van der Waals surface area contributed by atoms with E-state index in [1.54, 1.807) is 0 Å². The van der Waals surface area contributed by atoms with E-state index in [9.17, 15) is 0 Å². The highest BCUT2D eigenvalue weighted by Gasteiger charge is 2.76. The highest BCUT2D eigenvalue weighted by Crippen LogP contribution is 2.69. The molecule has 3 fully saturated rings. The minimum atomic E-state index is -1.20. The maximum Gasteiger partial charge on any atom is 0.189 e. The van der Waals surface area contributed by atoms with Crippen molar-refractivity contribution in [2.45, 2.75) is 30.1 Å².